The molecule has 1 saturated heterocycles. The van der Waals surface area contributed by atoms with Crippen LogP contribution in [0, 0.1) is 11.8 Å². The minimum absolute atomic E-state index is 0.128. The van der Waals surface area contributed by atoms with Gasteiger partial charge in [0.2, 0.25) is 11.8 Å². The number of amides is 3. The average Bonchev–Trinajstić information content (AvgIpc) is 2.72. The molecule has 0 aromatic rings. The highest BCUT2D eigenvalue weighted by molar-refractivity contribution is 5.87. The normalized spacial score (nSPS) is 17.4. The van der Waals surface area contributed by atoms with E-state index >= 15 is 0 Å². The van der Waals surface area contributed by atoms with Gasteiger partial charge in [-0.3, -0.25) is 14.4 Å². The maximum Gasteiger partial charge on any atom is 0.408 e. The van der Waals surface area contributed by atoms with Crippen molar-refractivity contribution in [2.45, 2.75) is 84.4 Å². The van der Waals surface area contributed by atoms with Crippen LogP contribution in [0.25, 0.3) is 0 Å². The molecule has 1 heterocycles. The van der Waals surface area contributed by atoms with Crippen molar-refractivity contribution in [3.05, 3.63) is 0 Å². The summed E-state index contributed by atoms with van der Waals surface area (Å²) in [5.41, 5.74) is -0.697. The third kappa shape index (κ3) is 9.67. The number of rotatable bonds is 10. The predicted molar refractivity (Wildman–Crippen MR) is 118 cm³/mol. The van der Waals surface area contributed by atoms with Crippen molar-refractivity contribution in [2.75, 3.05) is 13.1 Å². The lowest BCUT2D eigenvalue weighted by molar-refractivity contribution is -0.144. The summed E-state index contributed by atoms with van der Waals surface area (Å²) in [7, 11) is 0. The lowest BCUT2D eigenvalue weighted by atomic mass is 9.93. The molecule has 0 aliphatic carbocycles. The van der Waals surface area contributed by atoms with Crippen molar-refractivity contribution < 1.29 is 38.9 Å². The van der Waals surface area contributed by atoms with Crippen molar-refractivity contribution in [3.63, 3.8) is 0 Å². The molecule has 0 spiro atoms. The fourth-order valence-corrected chi connectivity index (χ4v) is 3.49. The number of carbonyl (C=O) groups is 5. The third-order valence-electron chi connectivity index (χ3n) is 5.59. The van der Waals surface area contributed by atoms with Crippen LogP contribution in [0.4, 0.5) is 4.79 Å². The monoisotopic (exact) mass is 471 g/mol. The molecule has 1 fully saturated rings. The third-order valence-corrected chi connectivity index (χ3v) is 5.59. The van der Waals surface area contributed by atoms with E-state index in [0.29, 0.717) is 19.3 Å². The molecule has 4 N–H and O–H groups in total. The number of hydrogen-bond donors (Lipinski definition) is 4. The van der Waals surface area contributed by atoms with Crippen molar-refractivity contribution in [1.29, 1.82) is 0 Å². The molecule has 3 amide bonds. The van der Waals surface area contributed by atoms with E-state index < -0.39 is 47.5 Å². The van der Waals surface area contributed by atoms with E-state index in [9.17, 15) is 29.1 Å². The Kier molecular flexibility index (Phi) is 10.6. The Morgan fingerprint density at radius 1 is 1.06 bits per heavy atom. The van der Waals surface area contributed by atoms with Crippen LogP contribution in [0.15, 0.2) is 0 Å². The second kappa shape index (κ2) is 12.4. The van der Waals surface area contributed by atoms with Crippen LogP contribution < -0.4 is 10.6 Å². The van der Waals surface area contributed by atoms with Crippen LogP contribution in [-0.2, 0) is 23.9 Å². The molecule has 1 rings (SSSR count). The van der Waals surface area contributed by atoms with E-state index in [-0.39, 0.29) is 37.8 Å². The molecule has 1 aliphatic heterocycles. The SMILES string of the molecule is CCC(C)C(NC(=O)OC(C)(C)C)C(=O)N1CCC(C(=O)NC(CCC(=O)O)C(=O)O)CC1. The summed E-state index contributed by atoms with van der Waals surface area (Å²) >= 11 is 0. The largest absolute Gasteiger partial charge is 0.481 e. The van der Waals surface area contributed by atoms with E-state index in [1.54, 1.807) is 25.7 Å². The van der Waals surface area contributed by atoms with Gasteiger partial charge < -0.3 is 30.5 Å². The fourth-order valence-electron chi connectivity index (χ4n) is 3.49. The van der Waals surface area contributed by atoms with Gasteiger partial charge in [-0.25, -0.2) is 9.59 Å². The quantitative estimate of drug-likeness (QED) is 0.373. The Morgan fingerprint density at radius 2 is 1.64 bits per heavy atom. The Labute approximate surface area is 194 Å². The van der Waals surface area contributed by atoms with Crippen LogP contribution in [0.5, 0.6) is 0 Å². The Bertz CT molecular complexity index is 726. The molecule has 11 heteroatoms. The summed E-state index contributed by atoms with van der Waals surface area (Å²) in [4.78, 5) is 61.4. The number of hydrogen-bond acceptors (Lipinski definition) is 6. The molecule has 188 valence electrons. The van der Waals surface area contributed by atoms with E-state index in [1.165, 1.54) is 0 Å². The van der Waals surface area contributed by atoms with E-state index in [0.717, 1.165) is 0 Å². The van der Waals surface area contributed by atoms with Gasteiger partial charge in [0.15, 0.2) is 0 Å². The number of carbonyl (C=O) groups excluding carboxylic acids is 3. The average molecular weight is 472 g/mol. The van der Waals surface area contributed by atoms with Crippen molar-refractivity contribution in [1.82, 2.24) is 15.5 Å². The summed E-state index contributed by atoms with van der Waals surface area (Å²) in [5.74, 6) is -3.76. The molecular formula is C22H37N3O8. The molecule has 0 aromatic carbocycles. The maximum absolute atomic E-state index is 13.1. The lowest BCUT2D eigenvalue weighted by Crippen LogP contribution is -2.55. The molecule has 0 bridgehead atoms. The Hall–Kier alpha value is -2.85. The van der Waals surface area contributed by atoms with Gasteiger partial charge in [-0.05, 0) is 46.0 Å². The summed E-state index contributed by atoms with van der Waals surface area (Å²) in [5, 5.41) is 23.0. The highest BCUT2D eigenvalue weighted by Gasteiger charge is 2.35. The van der Waals surface area contributed by atoms with Gasteiger partial charge in [0.05, 0.1) is 0 Å². The molecule has 3 unspecified atom stereocenters. The molecular weight excluding hydrogens is 434 g/mol. The molecule has 0 aromatic heterocycles. The zero-order valence-corrected chi connectivity index (χ0v) is 20.1. The fraction of sp³-hybridized carbons (Fsp3) is 0.773. The number of piperidine rings is 1. The Morgan fingerprint density at radius 3 is 2.09 bits per heavy atom. The Balaban J connectivity index is 2.71. The van der Waals surface area contributed by atoms with Crippen LogP contribution in [0.3, 0.4) is 0 Å². The first-order valence-electron chi connectivity index (χ1n) is 11.3. The number of nitrogens with zero attached hydrogens (tertiary/aromatic N) is 1. The number of likely N-dealkylation sites (tertiary alicyclic amines) is 1. The van der Waals surface area contributed by atoms with E-state index in [4.69, 9.17) is 9.84 Å². The zero-order valence-electron chi connectivity index (χ0n) is 20.1. The van der Waals surface area contributed by atoms with Crippen LogP contribution in [0.2, 0.25) is 0 Å². The molecule has 3 atom stereocenters. The van der Waals surface area contributed by atoms with Gasteiger partial charge in [0, 0.05) is 25.4 Å². The minimum atomic E-state index is -1.29. The van der Waals surface area contributed by atoms with Gasteiger partial charge in [-0.15, -0.1) is 0 Å². The van der Waals surface area contributed by atoms with Crippen molar-refractivity contribution in [2.24, 2.45) is 11.8 Å². The van der Waals surface area contributed by atoms with Gasteiger partial charge in [-0.2, -0.15) is 0 Å². The maximum atomic E-state index is 13.1. The minimum Gasteiger partial charge on any atom is -0.481 e. The number of alkyl carbamates (subject to hydrolysis) is 1. The first-order chi connectivity index (χ1) is 15.2. The molecule has 33 heavy (non-hydrogen) atoms. The summed E-state index contributed by atoms with van der Waals surface area (Å²) in [6, 6.07) is -2.04. The number of ether oxygens (including phenoxy) is 1. The number of carboxylic acids is 2. The smallest absolute Gasteiger partial charge is 0.408 e. The van der Waals surface area contributed by atoms with E-state index in [1.807, 2.05) is 13.8 Å². The summed E-state index contributed by atoms with van der Waals surface area (Å²) in [6.45, 7) is 9.56. The lowest BCUT2D eigenvalue weighted by Gasteiger charge is -2.35. The van der Waals surface area contributed by atoms with Gasteiger partial charge in [-0.1, -0.05) is 20.3 Å². The number of nitrogens with one attached hydrogen (secondary N) is 2. The van der Waals surface area contributed by atoms with E-state index in [2.05, 4.69) is 10.6 Å². The predicted octanol–water partition coefficient (Wildman–Crippen LogP) is 1.60. The first kappa shape index (κ1) is 28.2. The number of aliphatic carboxylic acids is 2. The highest BCUT2D eigenvalue weighted by Crippen LogP contribution is 2.21. The molecule has 1 aliphatic rings. The van der Waals surface area contributed by atoms with Gasteiger partial charge in [0.1, 0.15) is 17.7 Å². The zero-order chi connectivity index (χ0) is 25.3. The topological polar surface area (TPSA) is 162 Å². The van der Waals surface area contributed by atoms with Crippen LogP contribution in [-0.4, -0.2) is 75.7 Å². The second-order valence-electron chi connectivity index (χ2n) is 9.44. The standard InChI is InChI=1S/C22H37N3O8/c1-6-13(2)17(24-21(32)33-22(3,4)5)19(29)25-11-9-14(10-12-25)18(28)23-15(20(30)31)7-8-16(26)27/h13-15,17H,6-12H2,1-5H3,(H,23,28)(H,24,32)(H,26,27)(H,30,31). The molecule has 11 nitrogen and oxygen atoms in total. The highest BCUT2D eigenvalue weighted by atomic mass is 16.6. The van der Waals surface area contributed by atoms with Crippen LogP contribution >= 0.6 is 0 Å². The van der Waals surface area contributed by atoms with Gasteiger partial charge >= 0.3 is 18.0 Å². The first-order valence-corrected chi connectivity index (χ1v) is 11.3. The van der Waals surface area contributed by atoms with Gasteiger partial charge in [0.25, 0.3) is 0 Å². The van der Waals surface area contributed by atoms with Crippen molar-refractivity contribution >= 4 is 29.8 Å². The molecule has 0 saturated carbocycles. The molecule has 0 radical (unpaired) electrons. The summed E-state index contributed by atoms with van der Waals surface area (Å²) < 4.78 is 5.28. The second-order valence-corrected chi connectivity index (χ2v) is 9.44. The van der Waals surface area contributed by atoms with Crippen molar-refractivity contribution in [3.8, 4) is 0 Å². The summed E-state index contributed by atoms with van der Waals surface area (Å²) in [6.07, 6.45) is 0.0895. The number of carboxylic acid groups (broad SMARTS) is 2. The van der Waals surface area contributed by atoms with Crippen LogP contribution in [0.1, 0.15) is 66.7 Å².